The summed E-state index contributed by atoms with van der Waals surface area (Å²) < 4.78 is 59.7. The molecular formula is C18H15KN5NaO10S2. The number of hydrogen-bond acceptors (Lipinski definition) is 13. The van der Waals surface area contributed by atoms with E-state index in [1.807, 2.05) is 0 Å². The third-order valence-electron chi connectivity index (χ3n) is 4.55. The van der Waals surface area contributed by atoms with Crippen LogP contribution >= 0.6 is 0 Å². The van der Waals surface area contributed by atoms with Crippen LogP contribution in [0.1, 0.15) is 6.92 Å². The molecule has 15 nitrogen and oxygen atoms in total. The monoisotopic (exact) mass is 587 g/mol. The van der Waals surface area contributed by atoms with Crippen LogP contribution < -0.4 is 91.1 Å². The van der Waals surface area contributed by atoms with Gasteiger partial charge in [-0.15, -0.1) is 0 Å². The molecule has 0 saturated carbocycles. The summed E-state index contributed by atoms with van der Waals surface area (Å²) >= 11 is 0. The number of carbonyl (C=O) groups excluding carboxylic acids is 1. The van der Waals surface area contributed by atoms with Gasteiger partial charge in [0.05, 0.1) is 39.3 Å². The molecule has 1 aliphatic rings. The van der Waals surface area contributed by atoms with Gasteiger partial charge in [0.15, 0.2) is 15.9 Å². The zero-order chi connectivity index (χ0) is 26.0. The second kappa shape index (κ2) is 13.8. The van der Waals surface area contributed by atoms with Crippen LogP contribution in [0, 0.1) is 10.1 Å². The molecule has 3 rings (SSSR count). The molecule has 1 amide bonds. The quantitative estimate of drug-likeness (QED) is 0.0677. The summed E-state index contributed by atoms with van der Waals surface area (Å²) in [6.45, 7) is 0.613. The van der Waals surface area contributed by atoms with E-state index in [-0.39, 0.29) is 109 Å². The molecule has 1 heterocycles. The summed E-state index contributed by atoms with van der Waals surface area (Å²) in [4.78, 5) is 22.7. The Morgan fingerprint density at radius 3 is 2.32 bits per heavy atom. The standard InChI is InChI=1S/C18H17N5O10S2.K.Na/c1-11-17(20-19-15-10-13(23(26)27)4-7-16(15)24)18(25)22(21-11)12-2-5-14(6-3-12)34(28,29)9-8-33-35(30,31)32;;/h2-7,10,17,24H,8-9H2,1H3,(H,30,31,32);;/q;2*+1/p-2. The Labute approximate surface area is 275 Å². The van der Waals surface area contributed by atoms with Crippen molar-refractivity contribution in [2.24, 2.45) is 15.3 Å². The van der Waals surface area contributed by atoms with Crippen molar-refractivity contribution in [1.29, 1.82) is 0 Å². The Balaban J connectivity index is 0.00000342. The van der Waals surface area contributed by atoms with Crippen molar-refractivity contribution in [3.63, 3.8) is 0 Å². The number of amides is 1. The number of sulfone groups is 1. The third-order valence-corrected chi connectivity index (χ3v) is 6.70. The molecule has 2 aromatic rings. The number of anilines is 1. The van der Waals surface area contributed by atoms with Crippen molar-refractivity contribution in [2.75, 3.05) is 17.4 Å². The summed E-state index contributed by atoms with van der Waals surface area (Å²) in [5.74, 6) is -2.07. The molecule has 0 aromatic heterocycles. The van der Waals surface area contributed by atoms with Gasteiger partial charge >= 0.3 is 80.9 Å². The summed E-state index contributed by atoms with van der Waals surface area (Å²) in [7, 11) is -9.02. The van der Waals surface area contributed by atoms with E-state index in [9.17, 15) is 41.4 Å². The maximum Gasteiger partial charge on any atom is 1.00 e. The van der Waals surface area contributed by atoms with Crippen molar-refractivity contribution >= 4 is 48.9 Å². The van der Waals surface area contributed by atoms with Gasteiger partial charge in [-0.2, -0.15) is 20.3 Å². The van der Waals surface area contributed by atoms with Gasteiger partial charge in [0.25, 0.3) is 11.6 Å². The summed E-state index contributed by atoms with van der Waals surface area (Å²) in [5.41, 5.74) is -0.338. The fourth-order valence-electron chi connectivity index (χ4n) is 2.85. The Hall–Kier alpha value is -1.16. The minimum Gasteiger partial charge on any atom is -0.871 e. The van der Waals surface area contributed by atoms with E-state index in [4.69, 9.17) is 0 Å². The number of hydrogen-bond donors (Lipinski definition) is 0. The molecule has 0 saturated heterocycles. The molecule has 37 heavy (non-hydrogen) atoms. The first-order valence-electron chi connectivity index (χ1n) is 9.47. The van der Waals surface area contributed by atoms with Crippen molar-refractivity contribution in [2.45, 2.75) is 17.9 Å². The van der Waals surface area contributed by atoms with E-state index in [1.165, 1.54) is 19.1 Å². The average molecular weight is 588 g/mol. The fourth-order valence-corrected chi connectivity index (χ4v) is 4.33. The predicted octanol–water partition coefficient (Wildman–Crippen LogP) is -5.20. The molecule has 1 aliphatic heterocycles. The summed E-state index contributed by atoms with van der Waals surface area (Å²) in [6.07, 6.45) is 0. The third kappa shape index (κ3) is 8.94. The molecule has 0 radical (unpaired) electrons. The molecule has 2 aromatic carbocycles. The van der Waals surface area contributed by atoms with Gasteiger partial charge in [0, 0.05) is 12.1 Å². The SMILES string of the molecule is CC1=NN(c2ccc(S(=O)(=O)CCOS(=O)(=O)[O-])cc2)C(=O)C1N=Nc1cc([N+](=O)[O-])ccc1[O-].[K+].[Na+]. The number of nitro groups is 1. The van der Waals surface area contributed by atoms with Crippen LogP contribution in [-0.2, 0) is 29.2 Å². The normalized spacial score (nSPS) is 15.7. The molecule has 0 spiro atoms. The minimum atomic E-state index is -5.03. The first-order chi connectivity index (χ1) is 16.3. The molecule has 1 atom stereocenters. The van der Waals surface area contributed by atoms with Gasteiger partial charge in [0.1, 0.15) is 0 Å². The zero-order valence-corrected chi connectivity index (χ0v) is 26.4. The molecule has 0 N–H and O–H groups in total. The predicted molar refractivity (Wildman–Crippen MR) is 116 cm³/mol. The second-order valence-corrected chi connectivity index (χ2v) is 10.1. The number of carbonyl (C=O) groups is 1. The Morgan fingerprint density at radius 2 is 1.76 bits per heavy atom. The van der Waals surface area contributed by atoms with Crippen LogP contribution in [0.5, 0.6) is 5.75 Å². The molecule has 0 bridgehead atoms. The van der Waals surface area contributed by atoms with Gasteiger partial charge in [-0.3, -0.25) is 19.1 Å². The number of non-ortho nitro benzene ring substituents is 1. The molecule has 0 fully saturated rings. The first kappa shape index (κ1) is 33.9. The number of rotatable bonds is 9. The van der Waals surface area contributed by atoms with Gasteiger partial charge < -0.3 is 9.66 Å². The average Bonchev–Trinajstić information content (AvgIpc) is 3.05. The van der Waals surface area contributed by atoms with Crippen molar-refractivity contribution in [3.05, 3.63) is 52.6 Å². The molecular weight excluding hydrogens is 572 g/mol. The second-order valence-electron chi connectivity index (χ2n) is 6.96. The van der Waals surface area contributed by atoms with Crippen LogP contribution in [0.3, 0.4) is 0 Å². The summed E-state index contributed by atoms with van der Waals surface area (Å²) in [6, 6.07) is 6.50. The van der Waals surface area contributed by atoms with Crippen LogP contribution in [0.25, 0.3) is 0 Å². The van der Waals surface area contributed by atoms with Gasteiger partial charge in [-0.1, -0.05) is 11.8 Å². The summed E-state index contributed by atoms with van der Waals surface area (Å²) in [5, 5.41) is 35.2. The van der Waals surface area contributed by atoms with E-state index in [1.54, 1.807) is 0 Å². The molecule has 0 aliphatic carbocycles. The maximum absolute atomic E-state index is 12.8. The number of nitrogens with zero attached hydrogens (tertiary/aromatic N) is 5. The van der Waals surface area contributed by atoms with E-state index >= 15 is 0 Å². The number of nitro benzene ring substituents is 1. The van der Waals surface area contributed by atoms with Crippen LogP contribution in [0.2, 0.25) is 0 Å². The largest absolute Gasteiger partial charge is 1.00 e. The molecule has 1 unspecified atom stereocenters. The maximum atomic E-state index is 12.8. The minimum absolute atomic E-state index is 0. The van der Waals surface area contributed by atoms with Gasteiger partial charge in [-0.25, -0.2) is 16.8 Å². The Morgan fingerprint density at radius 1 is 1.14 bits per heavy atom. The smallest absolute Gasteiger partial charge is 0.871 e. The Kier molecular flexibility index (Phi) is 12.6. The van der Waals surface area contributed by atoms with Crippen molar-refractivity contribution < 1.29 is 121 Å². The van der Waals surface area contributed by atoms with Gasteiger partial charge in [-0.05, 0) is 31.2 Å². The van der Waals surface area contributed by atoms with E-state index in [2.05, 4.69) is 19.5 Å². The topological polar surface area (TPSA) is 224 Å². The van der Waals surface area contributed by atoms with Crippen LogP contribution in [0.15, 0.2) is 62.7 Å². The van der Waals surface area contributed by atoms with Crippen molar-refractivity contribution in [1.82, 2.24) is 0 Å². The van der Waals surface area contributed by atoms with E-state index < -0.39 is 55.2 Å². The number of hydrazone groups is 1. The zero-order valence-electron chi connectivity index (χ0n) is 19.7. The fraction of sp³-hybridized carbons (Fsp3) is 0.222. The van der Waals surface area contributed by atoms with E-state index in [0.717, 1.165) is 35.3 Å². The number of benzene rings is 2. The van der Waals surface area contributed by atoms with Crippen LogP contribution in [-0.4, -0.2) is 56.3 Å². The first-order valence-corrected chi connectivity index (χ1v) is 12.5. The molecule has 186 valence electrons. The van der Waals surface area contributed by atoms with E-state index in [0.29, 0.717) is 0 Å². The van der Waals surface area contributed by atoms with Gasteiger partial charge in [0.2, 0.25) is 10.4 Å². The van der Waals surface area contributed by atoms with Crippen molar-refractivity contribution in [3.8, 4) is 5.75 Å². The Bertz CT molecular complexity index is 1450. The van der Waals surface area contributed by atoms with Crippen LogP contribution in [0.4, 0.5) is 17.1 Å². The molecule has 19 heteroatoms. The number of azo groups is 1.